The van der Waals surface area contributed by atoms with Crippen molar-refractivity contribution in [3.05, 3.63) is 0 Å². The molecule has 5 nitrogen and oxygen atoms in total. The molecule has 1 aliphatic heterocycles. The second-order valence-electron chi connectivity index (χ2n) is 6.32. The molecule has 5 heteroatoms. The molecular formula is C13H23NO4. The quantitative estimate of drug-likeness (QED) is 0.796. The Morgan fingerprint density at radius 3 is 1.89 bits per heavy atom. The van der Waals surface area contributed by atoms with E-state index >= 15 is 0 Å². The number of hydrogen-bond donors (Lipinski definition) is 2. The third-order valence-corrected chi connectivity index (χ3v) is 4.48. The maximum atomic E-state index is 11.7. The molecule has 0 aromatic carbocycles. The van der Waals surface area contributed by atoms with E-state index in [1.807, 2.05) is 27.7 Å². The molecular weight excluding hydrogens is 234 g/mol. The van der Waals surface area contributed by atoms with Gasteiger partial charge < -0.3 is 15.1 Å². The molecule has 0 bridgehead atoms. The van der Waals surface area contributed by atoms with Crippen LogP contribution in [0.1, 0.15) is 40.5 Å². The largest absolute Gasteiger partial charge is 0.481 e. The molecule has 0 aliphatic carbocycles. The number of amides is 1. The van der Waals surface area contributed by atoms with E-state index in [9.17, 15) is 14.7 Å². The molecule has 0 spiro atoms. The minimum atomic E-state index is -0.961. The van der Waals surface area contributed by atoms with Crippen molar-refractivity contribution in [2.75, 3.05) is 13.1 Å². The van der Waals surface area contributed by atoms with E-state index in [0.29, 0.717) is 25.9 Å². The number of carboxylic acids is 1. The minimum Gasteiger partial charge on any atom is -0.481 e. The maximum absolute atomic E-state index is 11.7. The van der Waals surface area contributed by atoms with Gasteiger partial charge in [-0.3, -0.25) is 4.79 Å². The summed E-state index contributed by atoms with van der Waals surface area (Å²) in [5, 5.41) is 18.5. The van der Waals surface area contributed by atoms with E-state index in [1.54, 1.807) is 0 Å². The third kappa shape index (κ3) is 2.60. The predicted octanol–water partition coefficient (Wildman–Crippen LogP) is 2.51. The van der Waals surface area contributed by atoms with Crippen LogP contribution >= 0.6 is 0 Å². The summed E-state index contributed by atoms with van der Waals surface area (Å²) in [6.07, 6.45) is -0.169. The molecule has 104 valence electrons. The van der Waals surface area contributed by atoms with Crippen LogP contribution in [0.4, 0.5) is 4.79 Å². The molecule has 18 heavy (non-hydrogen) atoms. The molecule has 1 aliphatic rings. The molecule has 1 heterocycles. The Morgan fingerprint density at radius 2 is 1.61 bits per heavy atom. The van der Waals surface area contributed by atoms with E-state index in [2.05, 4.69) is 0 Å². The fourth-order valence-electron chi connectivity index (χ4n) is 2.76. The first-order chi connectivity index (χ1) is 8.11. The lowest BCUT2D eigenvalue weighted by atomic mass is 9.61. The fraction of sp³-hybridized carbons (Fsp3) is 0.846. The Hall–Kier alpha value is -1.26. The highest BCUT2D eigenvalue weighted by Gasteiger charge is 2.50. The number of piperidine rings is 1. The van der Waals surface area contributed by atoms with E-state index in [4.69, 9.17) is 5.11 Å². The van der Waals surface area contributed by atoms with Crippen molar-refractivity contribution < 1.29 is 19.8 Å². The van der Waals surface area contributed by atoms with E-state index in [0.717, 1.165) is 0 Å². The topological polar surface area (TPSA) is 77.8 Å². The normalized spacial score (nSPS) is 21.4. The van der Waals surface area contributed by atoms with Crippen LogP contribution in [0.25, 0.3) is 0 Å². The van der Waals surface area contributed by atoms with Gasteiger partial charge >= 0.3 is 12.1 Å². The number of carbonyl (C=O) groups is 2. The van der Waals surface area contributed by atoms with Gasteiger partial charge in [-0.15, -0.1) is 0 Å². The van der Waals surface area contributed by atoms with Crippen LogP contribution in [0, 0.1) is 16.7 Å². The lowest BCUT2D eigenvalue weighted by Gasteiger charge is -2.46. The highest BCUT2D eigenvalue weighted by Crippen LogP contribution is 2.47. The van der Waals surface area contributed by atoms with Crippen LogP contribution in [0.15, 0.2) is 0 Å². The molecule has 1 amide bonds. The number of rotatable bonds is 2. The third-order valence-electron chi connectivity index (χ3n) is 4.48. The smallest absolute Gasteiger partial charge is 0.407 e. The van der Waals surface area contributed by atoms with Gasteiger partial charge in [0, 0.05) is 13.1 Å². The molecule has 0 aromatic rings. The first-order valence-corrected chi connectivity index (χ1v) is 6.32. The Balaban J connectivity index is 2.93. The summed E-state index contributed by atoms with van der Waals surface area (Å²) in [6, 6.07) is 0. The van der Waals surface area contributed by atoms with E-state index in [1.165, 1.54) is 4.90 Å². The number of nitrogens with zero attached hydrogens (tertiary/aromatic N) is 1. The Bertz CT molecular complexity index is 337. The molecule has 2 N–H and O–H groups in total. The van der Waals surface area contributed by atoms with Crippen LogP contribution in [-0.2, 0) is 4.79 Å². The van der Waals surface area contributed by atoms with Gasteiger partial charge in [0.25, 0.3) is 0 Å². The Kier molecular flexibility index (Phi) is 3.93. The summed E-state index contributed by atoms with van der Waals surface area (Å²) < 4.78 is 0. The van der Waals surface area contributed by atoms with Crippen molar-refractivity contribution in [2.45, 2.75) is 40.5 Å². The molecule has 0 radical (unpaired) electrons. The number of likely N-dealkylation sites (tertiary alicyclic amines) is 1. The van der Waals surface area contributed by atoms with Crippen LogP contribution in [-0.4, -0.2) is 40.3 Å². The van der Waals surface area contributed by atoms with Crippen molar-refractivity contribution in [1.29, 1.82) is 0 Å². The van der Waals surface area contributed by atoms with Crippen LogP contribution in [0.5, 0.6) is 0 Å². The van der Waals surface area contributed by atoms with Crippen molar-refractivity contribution >= 4 is 12.1 Å². The van der Waals surface area contributed by atoms with Gasteiger partial charge in [0.2, 0.25) is 0 Å². The highest BCUT2D eigenvalue weighted by atomic mass is 16.4. The Morgan fingerprint density at radius 1 is 1.17 bits per heavy atom. The molecule has 1 unspecified atom stereocenters. The first kappa shape index (κ1) is 14.8. The van der Waals surface area contributed by atoms with Crippen molar-refractivity contribution in [3.63, 3.8) is 0 Å². The van der Waals surface area contributed by atoms with Gasteiger partial charge in [0.15, 0.2) is 0 Å². The summed E-state index contributed by atoms with van der Waals surface area (Å²) in [5.74, 6) is -0.798. The average Bonchev–Trinajstić information content (AvgIpc) is 2.26. The summed E-state index contributed by atoms with van der Waals surface area (Å²) in [5.41, 5.74) is -0.909. The molecule has 0 aromatic heterocycles. The van der Waals surface area contributed by atoms with Crippen LogP contribution < -0.4 is 0 Å². The highest BCUT2D eigenvalue weighted by molar-refractivity contribution is 5.76. The van der Waals surface area contributed by atoms with Gasteiger partial charge in [-0.05, 0) is 24.2 Å². The second kappa shape index (κ2) is 4.78. The van der Waals surface area contributed by atoms with Gasteiger partial charge in [-0.2, -0.15) is 0 Å². The van der Waals surface area contributed by atoms with Gasteiger partial charge in [0.1, 0.15) is 0 Å². The average molecular weight is 257 g/mol. The van der Waals surface area contributed by atoms with Crippen LogP contribution in [0.3, 0.4) is 0 Å². The molecule has 1 fully saturated rings. The van der Waals surface area contributed by atoms with E-state index < -0.39 is 17.5 Å². The molecule has 1 saturated heterocycles. The van der Waals surface area contributed by atoms with Gasteiger partial charge in [0.05, 0.1) is 5.41 Å². The number of hydrogen-bond acceptors (Lipinski definition) is 2. The molecule has 1 atom stereocenters. The summed E-state index contributed by atoms with van der Waals surface area (Å²) in [7, 11) is 0. The fourth-order valence-corrected chi connectivity index (χ4v) is 2.76. The Labute approximate surface area is 108 Å². The van der Waals surface area contributed by atoms with Gasteiger partial charge in [-0.25, -0.2) is 4.79 Å². The zero-order chi connectivity index (χ0) is 14.1. The molecule has 1 rings (SSSR count). The summed E-state index contributed by atoms with van der Waals surface area (Å²) in [6.45, 7) is 8.68. The lowest BCUT2D eigenvalue weighted by molar-refractivity contribution is -0.159. The maximum Gasteiger partial charge on any atom is 0.407 e. The van der Waals surface area contributed by atoms with Crippen molar-refractivity contribution in [1.82, 2.24) is 4.90 Å². The van der Waals surface area contributed by atoms with Crippen LogP contribution in [0.2, 0.25) is 0 Å². The number of carboxylic acid groups (broad SMARTS) is 2. The molecule has 0 saturated carbocycles. The van der Waals surface area contributed by atoms with Crippen molar-refractivity contribution in [3.8, 4) is 0 Å². The SMILES string of the molecule is CC(C(C)(C)C)C1(C(=O)O)CCN(C(=O)O)CC1. The van der Waals surface area contributed by atoms with Gasteiger partial charge in [-0.1, -0.05) is 27.7 Å². The predicted molar refractivity (Wildman–Crippen MR) is 67.5 cm³/mol. The standard InChI is InChI=1S/C13H23NO4/c1-9(12(2,3)4)13(10(15)16)5-7-14(8-6-13)11(17)18/h9H,5-8H2,1-4H3,(H,15,16)(H,17,18). The zero-order valence-electron chi connectivity index (χ0n) is 11.6. The zero-order valence-corrected chi connectivity index (χ0v) is 11.6. The van der Waals surface area contributed by atoms with Crippen molar-refractivity contribution in [2.24, 2.45) is 16.7 Å². The minimum absolute atomic E-state index is 0.00144. The van der Waals surface area contributed by atoms with E-state index in [-0.39, 0.29) is 11.3 Å². The first-order valence-electron chi connectivity index (χ1n) is 6.32. The lowest BCUT2D eigenvalue weighted by Crippen LogP contribution is -2.51. The summed E-state index contributed by atoms with van der Waals surface area (Å²) in [4.78, 5) is 23.9. The second-order valence-corrected chi connectivity index (χ2v) is 6.32. The summed E-state index contributed by atoms with van der Waals surface area (Å²) >= 11 is 0. The number of aliphatic carboxylic acids is 1. The monoisotopic (exact) mass is 257 g/mol.